The molecule has 5 heteroatoms. The lowest BCUT2D eigenvalue weighted by molar-refractivity contribution is 0.0601. The number of anilines is 1. The Labute approximate surface area is 117 Å². The van der Waals surface area contributed by atoms with Gasteiger partial charge in [0.2, 0.25) is 0 Å². The van der Waals surface area contributed by atoms with Crippen molar-refractivity contribution >= 4 is 23.4 Å². The Hall–Kier alpha value is -1.20. The standard InChI is InChI=1S/C14H19NO3S/c1-9-7-11(19-10-3-5-18-6-4-10)8-12(13(9)15)14(16)17-2/h7-8,10H,3-6,15H2,1-2H3. The summed E-state index contributed by atoms with van der Waals surface area (Å²) in [6, 6.07) is 3.86. The van der Waals surface area contributed by atoms with Crippen LogP contribution in [0.25, 0.3) is 0 Å². The second-order valence-corrected chi connectivity index (χ2v) is 6.00. The van der Waals surface area contributed by atoms with Gasteiger partial charge in [-0.15, -0.1) is 11.8 Å². The molecule has 0 unspecified atom stereocenters. The van der Waals surface area contributed by atoms with Crippen molar-refractivity contribution < 1.29 is 14.3 Å². The van der Waals surface area contributed by atoms with Crippen molar-refractivity contribution in [3.05, 3.63) is 23.3 Å². The van der Waals surface area contributed by atoms with Gasteiger partial charge in [0.05, 0.1) is 12.7 Å². The van der Waals surface area contributed by atoms with Crippen LogP contribution in [0.3, 0.4) is 0 Å². The van der Waals surface area contributed by atoms with Crippen LogP contribution in [0.15, 0.2) is 17.0 Å². The second-order valence-electron chi connectivity index (χ2n) is 4.62. The molecular weight excluding hydrogens is 262 g/mol. The molecule has 104 valence electrons. The van der Waals surface area contributed by atoms with Crippen LogP contribution in [0.5, 0.6) is 0 Å². The highest BCUT2D eigenvalue weighted by atomic mass is 32.2. The van der Waals surface area contributed by atoms with E-state index in [0.717, 1.165) is 36.5 Å². The Morgan fingerprint density at radius 2 is 2.11 bits per heavy atom. The maximum Gasteiger partial charge on any atom is 0.340 e. The molecule has 0 spiro atoms. The van der Waals surface area contributed by atoms with Gasteiger partial charge in [0.15, 0.2) is 0 Å². The van der Waals surface area contributed by atoms with Crippen molar-refractivity contribution in [2.24, 2.45) is 0 Å². The lowest BCUT2D eigenvalue weighted by atomic mass is 10.1. The number of nitrogens with two attached hydrogens (primary N) is 1. The molecule has 0 bridgehead atoms. The summed E-state index contributed by atoms with van der Waals surface area (Å²) in [5, 5.41) is 0.544. The van der Waals surface area contributed by atoms with Crippen molar-refractivity contribution in [2.75, 3.05) is 26.1 Å². The smallest absolute Gasteiger partial charge is 0.340 e. The van der Waals surface area contributed by atoms with Gasteiger partial charge in [-0.1, -0.05) is 0 Å². The zero-order valence-electron chi connectivity index (χ0n) is 11.3. The van der Waals surface area contributed by atoms with E-state index in [1.54, 1.807) is 11.8 Å². The third kappa shape index (κ3) is 3.42. The van der Waals surface area contributed by atoms with E-state index >= 15 is 0 Å². The Kier molecular flexibility index (Phi) is 4.71. The highest BCUT2D eigenvalue weighted by Gasteiger charge is 2.18. The molecule has 0 aromatic heterocycles. The quantitative estimate of drug-likeness (QED) is 0.681. The van der Waals surface area contributed by atoms with Gasteiger partial charge >= 0.3 is 5.97 Å². The monoisotopic (exact) mass is 281 g/mol. The number of hydrogen-bond acceptors (Lipinski definition) is 5. The number of carbonyl (C=O) groups excluding carboxylic acids is 1. The summed E-state index contributed by atoms with van der Waals surface area (Å²) in [5.74, 6) is -0.380. The SMILES string of the molecule is COC(=O)c1cc(SC2CCOCC2)cc(C)c1N. The second kappa shape index (κ2) is 6.30. The van der Waals surface area contributed by atoms with Crippen LogP contribution in [0, 0.1) is 6.92 Å². The van der Waals surface area contributed by atoms with E-state index in [-0.39, 0.29) is 5.97 Å². The summed E-state index contributed by atoms with van der Waals surface area (Å²) >= 11 is 1.79. The number of benzene rings is 1. The summed E-state index contributed by atoms with van der Waals surface area (Å²) in [6.07, 6.45) is 2.09. The van der Waals surface area contributed by atoms with Crippen LogP contribution in [-0.2, 0) is 9.47 Å². The van der Waals surface area contributed by atoms with Crippen LogP contribution >= 0.6 is 11.8 Å². The molecule has 0 amide bonds. The van der Waals surface area contributed by atoms with Gasteiger partial charge in [-0.25, -0.2) is 4.79 Å². The molecular formula is C14H19NO3S. The fourth-order valence-corrected chi connectivity index (χ4v) is 3.34. The van der Waals surface area contributed by atoms with Crippen molar-refractivity contribution in [3.8, 4) is 0 Å². The predicted molar refractivity (Wildman–Crippen MR) is 76.6 cm³/mol. The van der Waals surface area contributed by atoms with E-state index in [2.05, 4.69) is 0 Å². The minimum atomic E-state index is -0.380. The molecule has 1 aliphatic heterocycles. The fourth-order valence-electron chi connectivity index (χ4n) is 2.10. The normalized spacial score (nSPS) is 16.3. The van der Waals surface area contributed by atoms with Crippen molar-refractivity contribution in [3.63, 3.8) is 0 Å². The first kappa shape index (κ1) is 14.2. The largest absolute Gasteiger partial charge is 0.465 e. The number of carbonyl (C=O) groups is 1. The molecule has 0 atom stereocenters. The van der Waals surface area contributed by atoms with Crippen LogP contribution in [0.1, 0.15) is 28.8 Å². The summed E-state index contributed by atoms with van der Waals surface area (Å²) < 4.78 is 10.1. The van der Waals surface area contributed by atoms with Gasteiger partial charge in [0, 0.05) is 29.0 Å². The van der Waals surface area contributed by atoms with Crippen LogP contribution in [0.4, 0.5) is 5.69 Å². The van der Waals surface area contributed by atoms with E-state index in [9.17, 15) is 4.79 Å². The molecule has 2 N–H and O–H groups in total. The highest BCUT2D eigenvalue weighted by Crippen LogP contribution is 2.33. The maximum atomic E-state index is 11.7. The van der Waals surface area contributed by atoms with E-state index in [4.69, 9.17) is 15.2 Å². The molecule has 1 heterocycles. The number of hydrogen-bond donors (Lipinski definition) is 1. The van der Waals surface area contributed by atoms with Gasteiger partial charge in [-0.05, 0) is 37.5 Å². The Morgan fingerprint density at radius 3 is 2.74 bits per heavy atom. The Balaban J connectivity index is 2.20. The van der Waals surface area contributed by atoms with Crippen LogP contribution < -0.4 is 5.73 Å². The molecule has 4 nitrogen and oxygen atoms in total. The number of nitrogen functional groups attached to an aromatic ring is 1. The molecule has 0 radical (unpaired) electrons. The Bertz CT molecular complexity index is 470. The number of methoxy groups -OCH3 is 1. The molecule has 0 saturated carbocycles. The molecule has 1 fully saturated rings. The van der Waals surface area contributed by atoms with Gasteiger partial charge in [-0.3, -0.25) is 0 Å². The highest BCUT2D eigenvalue weighted by molar-refractivity contribution is 8.00. The van der Waals surface area contributed by atoms with Crippen LogP contribution in [-0.4, -0.2) is 31.5 Å². The summed E-state index contributed by atoms with van der Waals surface area (Å²) in [5.41, 5.74) is 7.80. The number of aryl methyl sites for hydroxylation is 1. The third-order valence-electron chi connectivity index (χ3n) is 3.24. The lowest BCUT2D eigenvalue weighted by Crippen LogP contribution is -2.17. The minimum Gasteiger partial charge on any atom is -0.465 e. The fraction of sp³-hybridized carbons (Fsp3) is 0.500. The number of thioether (sulfide) groups is 1. The van der Waals surface area contributed by atoms with Gasteiger partial charge < -0.3 is 15.2 Å². The van der Waals surface area contributed by atoms with Gasteiger partial charge in [-0.2, -0.15) is 0 Å². The average Bonchev–Trinajstić information content (AvgIpc) is 2.43. The first-order valence-corrected chi connectivity index (χ1v) is 7.22. The van der Waals surface area contributed by atoms with Crippen molar-refractivity contribution in [2.45, 2.75) is 29.9 Å². The summed E-state index contributed by atoms with van der Waals surface area (Å²) in [6.45, 7) is 3.54. The van der Waals surface area contributed by atoms with Crippen molar-refractivity contribution in [1.29, 1.82) is 0 Å². The maximum absolute atomic E-state index is 11.7. The van der Waals surface area contributed by atoms with Crippen LogP contribution in [0.2, 0.25) is 0 Å². The average molecular weight is 281 g/mol. The number of esters is 1. The summed E-state index contributed by atoms with van der Waals surface area (Å²) in [7, 11) is 1.37. The van der Waals surface area contributed by atoms with E-state index in [1.165, 1.54) is 7.11 Å². The lowest BCUT2D eigenvalue weighted by Gasteiger charge is -2.22. The van der Waals surface area contributed by atoms with E-state index < -0.39 is 0 Å². The van der Waals surface area contributed by atoms with E-state index in [0.29, 0.717) is 16.5 Å². The zero-order chi connectivity index (χ0) is 13.8. The number of ether oxygens (including phenoxy) is 2. The van der Waals surface area contributed by atoms with Gasteiger partial charge in [0.1, 0.15) is 0 Å². The molecule has 19 heavy (non-hydrogen) atoms. The Morgan fingerprint density at radius 1 is 1.42 bits per heavy atom. The molecule has 2 rings (SSSR count). The molecule has 1 saturated heterocycles. The topological polar surface area (TPSA) is 61.5 Å². The minimum absolute atomic E-state index is 0.380. The third-order valence-corrected chi connectivity index (χ3v) is 4.55. The molecule has 0 aliphatic carbocycles. The summed E-state index contributed by atoms with van der Waals surface area (Å²) in [4.78, 5) is 12.8. The predicted octanol–water partition coefficient (Wildman–Crippen LogP) is 2.63. The zero-order valence-corrected chi connectivity index (χ0v) is 12.1. The van der Waals surface area contributed by atoms with Crippen molar-refractivity contribution in [1.82, 2.24) is 0 Å². The first-order valence-electron chi connectivity index (χ1n) is 6.34. The molecule has 1 aliphatic rings. The molecule has 1 aromatic rings. The molecule has 1 aromatic carbocycles. The number of rotatable bonds is 3. The van der Waals surface area contributed by atoms with E-state index in [1.807, 2.05) is 19.1 Å². The first-order chi connectivity index (χ1) is 9.11. The van der Waals surface area contributed by atoms with Gasteiger partial charge in [0.25, 0.3) is 0 Å².